The first-order chi connectivity index (χ1) is 18.9. The Labute approximate surface area is 227 Å². The van der Waals surface area contributed by atoms with Gasteiger partial charge in [-0.05, 0) is 42.0 Å². The van der Waals surface area contributed by atoms with Crippen molar-refractivity contribution in [3.63, 3.8) is 0 Å². The fraction of sp³-hybridized carbons (Fsp3) is 0.148. The van der Waals surface area contributed by atoms with Crippen LogP contribution in [0.2, 0.25) is 5.02 Å². The number of esters is 1. The number of nitrogens with zero attached hydrogens (tertiary/aromatic N) is 2. The van der Waals surface area contributed by atoms with E-state index in [-0.39, 0.29) is 48.5 Å². The van der Waals surface area contributed by atoms with Crippen molar-refractivity contribution in [2.45, 2.75) is 12.6 Å². The van der Waals surface area contributed by atoms with Gasteiger partial charge in [0.1, 0.15) is 25.0 Å². The first-order valence-corrected chi connectivity index (χ1v) is 12.1. The number of ether oxygens (including phenoxy) is 3. The number of nitriles is 1. The number of aromatic nitrogens is 1. The lowest BCUT2D eigenvalue weighted by molar-refractivity contribution is -0.141. The van der Waals surface area contributed by atoms with E-state index >= 15 is 0 Å². The van der Waals surface area contributed by atoms with Gasteiger partial charge in [0.05, 0.1) is 33.6 Å². The number of anilines is 1. The molecule has 2 aliphatic heterocycles. The van der Waals surface area contributed by atoms with Gasteiger partial charge < -0.3 is 30.2 Å². The third-order valence-electron chi connectivity index (χ3n) is 5.80. The normalized spacial score (nSPS) is 16.1. The van der Waals surface area contributed by atoms with Gasteiger partial charge in [0.25, 0.3) is 5.91 Å². The van der Waals surface area contributed by atoms with E-state index in [2.05, 4.69) is 20.9 Å². The van der Waals surface area contributed by atoms with Crippen LogP contribution in [0.4, 0.5) is 10.6 Å². The van der Waals surface area contributed by atoms with Crippen molar-refractivity contribution in [2.24, 2.45) is 0 Å². The molecule has 0 radical (unpaired) electrons. The minimum atomic E-state index is -1.05. The zero-order valence-electron chi connectivity index (χ0n) is 20.2. The van der Waals surface area contributed by atoms with Gasteiger partial charge >= 0.3 is 12.0 Å². The van der Waals surface area contributed by atoms with Crippen molar-refractivity contribution in [1.29, 1.82) is 5.26 Å². The van der Waals surface area contributed by atoms with Gasteiger partial charge in [-0.2, -0.15) is 5.26 Å². The van der Waals surface area contributed by atoms with Crippen LogP contribution in [0, 0.1) is 11.3 Å². The highest BCUT2D eigenvalue weighted by Gasteiger charge is 2.36. The molecule has 2 aliphatic rings. The minimum absolute atomic E-state index is 0.0357. The summed E-state index contributed by atoms with van der Waals surface area (Å²) in [5.41, 5.74) is 1.45. The number of amides is 3. The van der Waals surface area contributed by atoms with Crippen LogP contribution in [-0.4, -0.2) is 36.1 Å². The fourth-order valence-electron chi connectivity index (χ4n) is 4.00. The Hall–Kier alpha value is -5.08. The maximum absolute atomic E-state index is 13.5. The van der Waals surface area contributed by atoms with E-state index in [0.717, 1.165) is 0 Å². The van der Waals surface area contributed by atoms with Crippen LogP contribution in [0.1, 0.15) is 22.9 Å². The highest BCUT2D eigenvalue weighted by atomic mass is 35.5. The number of rotatable bonds is 7. The van der Waals surface area contributed by atoms with Gasteiger partial charge in [-0.15, -0.1) is 0 Å². The van der Waals surface area contributed by atoms with Gasteiger partial charge in [0.2, 0.25) is 0 Å². The van der Waals surface area contributed by atoms with E-state index in [1.54, 1.807) is 60.7 Å². The Kier molecular flexibility index (Phi) is 7.29. The van der Waals surface area contributed by atoms with Crippen molar-refractivity contribution < 1.29 is 28.6 Å². The van der Waals surface area contributed by atoms with E-state index in [1.165, 1.54) is 0 Å². The van der Waals surface area contributed by atoms with E-state index in [9.17, 15) is 14.4 Å². The summed E-state index contributed by atoms with van der Waals surface area (Å²) in [4.78, 5) is 42.4. The van der Waals surface area contributed by atoms with Crippen LogP contribution in [-0.2, 0) is 20.9 Å². The average Bonchev–Trinajstić information content (AvgIpc) is 2.94. The Balaban J connectivity index is 1.49. The lowest BCUT2D eigenvalue weighted by Crippen LogP contribution is -2.47. The molecular formula is C27H20ClN5O6. The number of urea groups is 1. The number of benzene rings is 2. The summed E-state index contributed by atoms with van der Waals surface area (Å²) in [6.07, 6.45) is 0. The van der Waals surface area contributed by atoms with E-state index < -0.39 is 18.0 Å². The molecule has 39 heavy (non-hydrogen) atoms. The molecule has 3 amide bonds. The van der Waals surface area contributed by atoms with Crippen LogP contribution in [0.15, 0.2) is 71.9 Å². The Morgan fingerprint density at radius 2 is 1.95 bits per heavy atom. The van der Waals surface area contributed by atoms with E-state index in [0.29, 0.717) is 27.6 Å². The first-order valence-electron chi connectivity index (χ1n) is 11.7. The average molecular weight is 546 g/mol. The van der Waals surface area contributed by atoms with Crippen LogP contribution >= 0.6 is 11.6 Å². The molecule has 0 saturated heterocycles. The number of hydrogen-bond acceptors (Lipinski definition) is 8. The molecule has 1 atom stereocenters. The summed E-state index contributed by atoms with van der Waals surface area (Å²) in [6.45, 7) is -0.488. The topological polar surface area (TPSA) is 152 Å². The van der Waals surface area contributed by atoms with Crippen LogP contribution in [0.25, 0.3) is 0 Å². The maximum atomic E-state index is 13.5. The number of fused-ring (bicyclic) bond motifs is 1. The summed E-state index contributed by atoms with van der Waals surface area (Å²) in [5.74, 6) is -0.279. The second kappa shape index (κ2) is 11.1. The number of hydrogen-bond donors (Lipinski definition) is 3. The SMILES string of the molecule is N#Cc1cccc(COC(=O)C2=C(COc3ccccc3Cl)NC(=O)NC2c2ccc3c(n2)NC(=O)CO3)c1. The van der Waals surface area contributed by atoms with Gasteiger partial charge in [0.15, 0.2) is 18.2 Å². The predicted octanol–water partition coefficient (Wildman–Crippen LogP) is 3.37. The molecule has 1 unspecified atom stereocenters. The smallest absolute Gasteiger partial charge is 0.338 e. The zero-order chi connectivity index (χ0) is 27.4. The monoisotopic (exact) mass is 545 g/mol. The van der Waals surface area contributed by atoms with Gasteiger partial charge in [-0.3, -0.25) is 4.79 Å². The third-order valence-corrected chi connectivity index (χ3v) is 6.11. The number of halogens is 1. The number of carbonyl (C=O) groups is 3. The number of para-hydroxylation sites is 1. The molecule has 3 aromatic rings. The molecule has 11 nitrogen and oxygen atoms in total. The zero-order valence-corrected chi connectivity index (χ0v) is 20.9. The van der Waals surface area contributed by atoms with Crippen molar-refractivity contribution in [3.8, 4) is 17.6 Å². The summed E-state index contributed by atoms with van der Waals surface area (Å²) >= 11 is 6.20. The molecule has 1 aromatic heterocycles. The lowest BCUT2D eigenvalue weighted by Gasteiger charge is -2.29. The molecule has 0 spiro atoms. The van der Waals surface area contributed by atoms with Gasteiger partial charge in [-0.1, -0.05) is 35.9 Å². The van der Waals surface area contributed by atoms with Crippen molar-refractivity contribution in [2.75, 3.05) is 18.5 Å². The predicted molar refractivity (Wildman–Crippen MR) is 138 cm³/mol. The molecule has 3 N–H and O–H groups in total. The summed E-state index contributed by atoms with van der Waals surface area (Å²) in [5, 5.41) is 17.4. The Morgan fingerprint density at radius 3 is 2.77 bits per heavy atom. The molecule has 0 saturated carbocycles. The highest BCUT2D eigenvalue weighted by Crippen LogP contribution is 2.33. The summed E-state index contributed by atoms with van der Waals surface area (Å²) < 4.78 is 16.8. The summed E-state index contributed by atoms with van der Waals surface area (Å²) in [7, 11) is 0. The number of carbonyl (C=O) groups excluding carboxylic acids is 3. The molecule has 0 bridgehead atoms. The summed E-state index contributed by atoms with van der Waals surface area (Å²) in [6, 6.07) is 17.0. The number of pyridine rings is 1. The molecule has 196 valence electrons. The Morgan fingerprint density at radius 1 is 1.10 bits per heavy atom. The molecular weight excluding hydrogens is 526 g/mol. The lowest BCUT2D eigenvalue weighted by atomic mass is 9.98. The second-order valence-corrected chi connectivity index (χ2v) is 8.86. The molecule has 0 aliphatic carbocycles. The molecule has 12 heteroatoms. The van der Waals surface area contributed by atoms with Crippen molar-refractivity contribution in [3.05, 3.63) is 93.8 Å². The molecule has 0 fully saturated rings. The molecule has 5 rings (SSSR count). The van der Waals surface area contributed by atoms with Crippen LogP contribution in [0.3, 0.4) is 0 Å². The van der Waals surface area contributed by atoms with Crippen molar-refractivity contribution in [1.82, 2.24) is 15.6 Å². The standard InChI is InChI=1S/C27H20ClN5O6/c28-17-6-1-2-7-20(17)37-13-19-23(26(35)39-12-16-5-3-4-15(10-16)11-29)24(33-27(36)31-19)18-8-9-21-25(30-18)32-22(34)14-38-21/h1-10,24H,12-14H2,(H,30,32,34)(H2,31,33,36). The second-order valence-electron chi connectivity index (χ2n) is 8.45. The maximum Gasteiger partial charge on any atom is 0.338 e. The number of nitrogens with one attached hydrogen (secondary N) is 3. The molecule has 3 heterocycles. The largest absolute Gasteiger partial charge is 0.486 e. The quantitative estimate of drug-likeness (QED) is 0.382. The van der Waals surface area contributed by atoms with Crippen molar-refractivity contribution >= 4 is 35.3 Å². The van der Waals surface area contributed by atoms with E-state index in [4.69, 9.17) is 31.1 Å². The van der Waals surface area contributed by atoms with E-state index in [1.807, 2.05) is 6.07 Å². The van der Waals surface area contributed by atoms with Gasteiger partial charge in [0, 0.05) is 0 Å². The minimum Gasteiger partial charge on any atom is -0.486 e. The van der Waals surface area contributed by atoms with Crippen LogP contribution < -0.4 is 25.4 Å². The van der Waals surface area contributed by atoms with Gasteiger partial charge in [-0.25, -0.2) is 14.6 Å². The van der Waals surface area contributed by atoms with Crippen LogP contribution in [0.5, 0.6) is 11.5 Å². The fourth-order valence-corrected chi connectivity index (χ4v) is 4.19. The molecule has 2 aromatic carbocycles. The highest BCUT2D eigenvalue weighted by molar-refractivity contribution is 6.32. The Bertz CT molecular complexity index is 1550. The third kappa shape index (κ3) is 5.76. The first kappa shape index (κ1) is 25.6.